The smallest absolute Gasteiger partial charge is 0.339 e. The van der Waals surface area contributed by atoms with Gasteiger partial charge in [0, 0.05) is 12.8 Å². The Kier molecular flexibility index (Phi) is 5.10. The first-order valence-corrected chi connectivity index (χ1v) is 6.21. The summed E-state index contributed by atoms with van der Waals surface area (Å²) in [6, 6.07) is -0.419. The van der Waals surface area contributed by atoms with Crippen LogP contribution in [-0.4, -0.2) is 39.5 Å². The number of rotatable bonds is 6. The number of nitrogens with zero attached hydrogens (tertiary/aromatic N) is 2. The number of aryl methyl sites for hydroxylation is 1. The second-order valence-corrected chi connectivity index (χ2v) is 4.64. The van der Waals surface area contributed by atoms with Crippen LogP contribution in [0.15, 0.2) is 14.7 Å². The number of nitrogens with one attached hydrogen (secondary N) is 2. The van der Waals surface area contributed by atoms with Gasteiger partial charge in [0.05, 0.1) is 6.04 Å². The summed E-state index contributed by atoms with van der Waals surface area (Å²) >= 11 is 1.26. The minimum atomic E-state index is -0.823. The molecule has 0 bridgehead atoms. The van der Waals surface area contributed by atoms with E-state index in [9.17, 15) is 14.4 Å². The largest absolute Gasteiger partial charge is 0.368 e. The fourth-order valence-electron chi connectivity index (χ4n) is 1.29. The van der Waals surface area contributed by atoms with Crippen molar-refractivity contribution in [1.29, 1.82) is 0 Å². The van der Waals surface area contributed by atoms with E-state index in [2.05, 4.69) is 15.4 Å². The Morgan fingerprint density at radius 3 is 2.83 bits per heavy atom. The van der Waals surface area contributed by atoms with Crippen molar-refractivity contribution in [3.63, 3.8) is 0 Å². The third-order valence-corrected chi connectivity index (χ3v) is 3.34. The molecule has 1 aromatic heterocycles. The van der Waals surface area contributed by atoms with E-state index in [4.69, 9.17) is 5.73 Å². The number of likely N-dealkylation sites (N-methyl/N-ethyl adjacent to an activating group) is 1. The maximum absolute atomic E-state index is 11.1. The summed E-state index contributed by atoms with van der Waals surface area (Å²) < 4.78 is 1.37. The van der Waals surface area contributed by atoms with Gasteiger partial charge in [-0.3, -0.25) is 24.2 Å². The van der Waals surface area contributed by atoms with Gasteiger partial charge in [-0.05, 0) is 13.5 Å². The molecule has 1 unspecified atom stereocenters. The van der Waals surface area contributed by atoms with E-state index >= 15 is 0 Å². The number of aromatic nitrogens is 3. The Balaban J connectivity index is 2.64. The second-order valence-electron chi connectivity index (χ2n) is 3.58. The Bertz CT molecular complexity index is 538. The van der Waals surface area contributed by atoms with Crippen LogP contribution in [0.3, 0.4) is 0 Å². The molecular formula is C9H15N5O3S. The van der Waals surface area contributed by atoms with Crippen molar-refractivity contribution in [2.75, 3.05) is 12.8 Å². The fourth-order valence-corrected chi connectivity index (χ4v) is 2.21. The first-order chi connectivity index (χ1) is 8.45. The number of hydrogen-bond acceptors (Lipinski definition) is 6. The molecule has 1 aromatic rings. The second kappa shape index (κ2) is 6.36. The highest BCUT2D eigenvalue weighted by Crippen LogP contribution is 2.13. The quantitative estimate of drug-likeness (QED) is 0.408. The van der Waals surface area contributed by atoms with Crippen LogP contribution < -0.4 is 22.2 Å². The third kappa shape index (κ3) is 3.70. The number of H-pyrrole nitrogens is 1. The molecule has 0 radical (unpaired) electrons. The number of primary amides is 1. The molecule has 0 aliphatic rings. The van der Waals surface area contributed by atoms with Crippen molar-refractivity contribution in [2.24, 2.45) is 12.8 Å². The Labute approximate surface area is 107 Å². The maximum Gasteiger partial charge on any atom is 0.339 e. The monoisotopic (exact) mass is 273 g/mol. The lowest BCUT2D eigenvalue weighted by Gasteiger charge is -2.11. The molecule has 0 fully saturated rings. The molecule has 0 aromatic carbocycles. The van der Waals surface area contributed by atoms with Gasteiger partial charge in [-0.25, -0.2) is 0 Å². The van der Waals surface area contributed by atoms with Gasteiger partial charge in [-0.1, -0.05) is 11.8 Å². The van der Waals surface area contributed by atoms with Crippen LogP contribution in [0.1, 0.15) is 6.42 Å². The Morgan fingerprint density at radius 2 is 2.28 bits per heavy atom. The topological polar surface area (TPSA) is 123 Å². The van der Waals surface area contributed by atoms with Crippen molar-refractivity contribution in [1.82, 2.24) is 20.1 Å². The predicted molar refractivity (Wildman–Crippen MR) is 67.5 cm³/mol. The number of thioether (sulfide) groups is 1. The van der Waals surface area contributed by atoms with Crippen molar-refractivity contribution in [3.05, 3.63) is 20.7 Å². The summed E-state index contributed by atoms with van der Waals surface area (Å²) in [5.74, 6) is 0.113. The summed E-state index contributed by atoms with van der Waals surface area (Å²) in [5.41, 5.74) is 3.59. The number of aromatic amines is 1. The molecule has 0 spiro atoms. The predicted octanol–water partition coefficient (Wildman–Crippen LogP) is -1.98. The van der Waals surface area contributed by atoms with E-state index in [1.165, 1.54) is 16.4 Å². The van der Waals surface area contributed by atoms with E-state index < -0.39 is 23.1 Å². The zero-order valence-electron chi connectivity index (χ0n) is 10.1. The van der Waals surface area contributed by atoms with Gasteiger partial charge in [0.2, 0.25) is 5.91 Å². The SMILES string of the molecule is CNC(CCSc1nc(=O)c(=O)[nH]n1C)C(N)=O. The molecule has 1 amide bonds. The van der Waals surface area contributed by atoms with Gasteiger partial charge in [-0.2, -0.15) is 4.98 Å². The molecule has 1 heterocycles. The van der Waals surface area contributed by atoms with Crippen molar-refractivity contribution in [2.45, 2.75) is 17.6 Å². The van der Waals surface area contributed by atoms with Crippen LogP contribution >= 0.6 is 11.8 Å². The van der Waals surface area contributed by atoms with Gasteiger partial charge in [0.1, 0.15) is 0 Å². The molecule has 100 valence electrons. The van der Waals surface area contributed by atoms with Crippen molar-refractivity contribution in [3.8, 4) is 0 Å². The number of carbonyl (C=O) groups is 1. The zero-order valence-corrected chi connectivity index (χ0v) is 10.9. The molecule has 8 nitrogen and oxygen atoms in total. The minimum Gasteiger partial charge on any atom is -0.368 e. The third-order valence-electron chi connectivity index (χ3n) is 2.28. The number of amides is 1. The highest BCUT2D eigenvalue weighted by molar-refractivity contribution is 7.99. The lowest BCUT2D eigenvalue weighted by atomic mass is 10.2. The van der Waals surface area contributed by atoms with Gasteiger partial charge < -0.3 is 11.1 Å². The van der Waals surface area contributed by atoms with E-state index in [-0.39, 0.29) is 0 Å². The number of hydrogen-bond donors (Lipinski definition) is 3. The molecule has 0 aliphatic heterocycles. The van der Waals surface area contributed by atoms with Crippen LogP contribution in [-0.2, 0) is 11.8 Å². The summed E-state index contributed by atoms with van der Waals surface area (Å²) in [6.07, 6.45) is 0.505. The molecule has 0 saturated heterocycles. The Hall–Kier alpha value is -1.61. The first-order valence-electron chi connectivity index (χ1n) is 5.22. The zero-order chi connectivity index (χ0) is 13.7. The van der Waals surface area contributed by atoms with E-state index in [1.54, 1.807) is 14.1 Å². The highest BCUT2D eigenvalue weighted by Gasteiger charge is 2.13. The lowest BCUT2D eigenvalue weighted by Crippen LogP contribution is -2.39. The van der Waals surface area contributed by atoms with Crippen LogP contribution in [0.25, 0.3) is 0 Å². The molecule has 18 heavy (non-hydrogen) atoms. The summed E-state index contributed by atoms with van der Waals surface area (Å²) in [5, 5.41) is 5.52. The van der Waals surface area contributed by atoms with Gasteiger partial charge in [0.15, 0.2) is 5.16 Å². The van der Waals surface area contributed by atoms with E-state index in [0.717, 1.165) is 0 Å². The minimum absolute atomic E-state index is 0.388. The normalized spacial score (nSPS) is 12.3. The molecule has 9 heteroatoms. The van der Waals surface area contributed by atoms with Crippen molar-refractivity contribution < 1.29 is 4.79 Å². The standard InChI is InChI=1S/C9H15N5O3S/c1-11-5(6(10)15)3-4-18-9-12-7(16)8(17)13-14(9)2/h5,11H,3-4H2,1-2H3,(H2,10,15)(H,13,17). The Morgan fingerprint density at radius 1 is 1.61 bits per heavy atom. The molecule has 0 aliphatic carbocycles. The summed E-state index contributed by atoms with van der Waals surface area (Å²) in [7, 11) is 3.23. The van der Waals surface area contributed by atoms with Gasteiger partial charge in [0.25, 0.3) is 0 Å². The molecule has 1 atom stereocenters. The van der Waals surface area contributed by atoms with Gasteiger partial charge in [-0.15, -0.1) is 0 Å². The first kappa shape index (κ1) is 14.5. The molecular weight excluding hydrogens is 258 g/mol. The number of nitrogens with two attached hydrogens (primary N) is 1. The van der Waals surface area contributed by atoms with Crippen LogP contribution in [0, 0.1) is 0 Å². The van der Waals surface area contributed by atoms with Crippen LogP contribution in [0.4, 0.5) is 0 Å². The van der Waals surface area contributed by atoms with Crippen LogP contribution in [0.5, 0.6) is 0 Å². The average molecular weight is 273 g/mol. The maximum atomic E-state index is 11.1. The highest BCUT2D eigenvalue weighted by atomic mass is 32.2. The van der Waals surface area contributed by atoms with E-state index in [1.807, 2.05) is 0 Å². The van der Waals surface area contributed by atoms with Crippen LogP contribution in [0.2, 0.25) is 0 Å². The fraction of sp³-hybridized carbons (Fsp3) is 0.556. The van der Waals surface area contributed by atoms with Crippen molar-refractivity contribution >= 4 is 17.7 Å². The van der Waals surface area contributed by atoms with E-state index in [0.29, 0.717) is 17.3 Å². The lowest BCUT2D eigenvalue weighted by molar-refractivity contribution is -0.119. The average Bonchev–Trinajstić information content (AvgIpc) is 2.30. The molecule has 4 N–H and O–H groups in total. The summed E-state index contributed by atoms with van der Waals surface area (Å²) in [4.78, 5) is 36.7. The van der Waals surface area contributed by atoms with Gasteiger partial charge >= 0.3 is 11.1 Å². The number of carbonyl (C=O) groups excluding carboxylic acids is 1. The molecule has 1 rings (SSSR count). The summed E-state index contributed by atoms with van der Waals surface area (Å²) in [6.45, 7) is 0. The molecule has 0 saturated carbocycles.